The predicted molar refractivity (Wildman–Crippen MR) is 70.9 cm³/mol. The number of amides is 1. The van der Waals surface area contributed by atoms with Crippen LogP contribution in [-0.4, -0.2) is 44.2 Å². The highest BCUT2D eigenvalue weighted by molar-refractivity contribution is 7.89. The Labute approximate surface area is 121 Å². The van der Waals surface area contributed by atoms with Gasteiger partial charge in [0.15, 0.2) is 5.69 Å². The molecule has 1 aliphatic rings. The van der Waals surface area contributed by atoms with Crippen LogP contribution in [0.4, 0.5) is 6.01 Å². The van der Waals surface area contributed by atoms with Crippen LogP contribution in [0.2, 0.25) is 0 Å². The van der Waals surface area contributed by atoms with Crippen LogP contribution < -0.4 is 10.0 Å². The van der Waals surface area contributed by atoms with Crippen LogP contribution in [0.3, 0.4) is 0 Å². The molecule has 9 nitrogen and oxygen atoms in total. The third-order valence-electron chi connectivity index (χ3n) is 2.88. The number of nitrogens with zero attached hydrogens (tertiary/aromatic N) is 2. The van der Waals surface area contributed by atoms with E-state index in [0.29, 0.717) is 0 Å². The van der Waals surface area contributed by atoms with Crippen molar-refractivity contribution in [2.45, 2.75) is 13.3 Å². The summed E-state index contributed by atoms with van der Waals surface area (Å²) < 4.78 is 31.9. The normalized spacial score (nSPS) is 19.0. The van der Waals surface area contributed by atoms with Crippen molar-refractivity contribution < 1.29 is 27.2 Å². The second-order valence-electron chi connectivity index (χ2n) is 4.64. The summed E-state index contributed by atoms with van der Waals surface area (Å²) in [4.78, 5) is 28.4. The van der Waals surface area contributed by atoms with Crippen LogP contribution in [0.1, 0.15) is 23.8 Å². The number of ether oxygens (including phenoxy) is 1. The largest absolute Gasteiger partial charge is 0.461 e. The second kappa shape index (κ2) is 5.82. The Balaban J connectivity index is 2.09. The van der Waals surface area contributed by atoms with Crippen molar-refractivity contribution in [1.29, 1.82) is 0 Å². The van der Waals surface area contributed by atoms with Gasteiger partial charge in [-0.15, -0.1) is 0 Å². The van der Waals surface area contributed by atoms with Crippen molar-refractivity contribution in [2.24, 2.45) is 11.1 Å². The fourth-order valence-electron chi connectivity index (χ4n) is 2.09. The monoisotopic (exact) mass is 317 g/mol. The lowest BCUT2D eigenvalue weighted by Gasteiger charge is -2.10. The number of aromatic nitrogens is 1. The maximum Gasteiger partial charge on any atom is 0.360 e. The fraction of sp³-hybridized carbons (Fsp3) is 0.545. The van der Waals surface area contributed by atoms with E-state index in [4.69, 9.17) is 14.3 Å². The third kappa shape index (κ3) is 3.79. The van der Waals surface area contributed by atoms with Gasteiger partial charge < -0.3 is 9.15 Å². The maximum atomic E-state index is 11.8. The second-order valence-corrected chi connectivity index (χ2v) is 6.30. The minimum Gasteiger partial charge on any atom is -0.461 e. The van der Waals surface area contributed by atoms with E-state index in [-0.39, 0.29) is 42.9 Å². The molecule has 0 radical (unpaired) electrons. The molecule has 1 fully saturated rings. The number of oxazole rings is 1. The Morgan fingerprint density at radius 3 is 2.95 bits per heavy atom. The van der Waals surface area contributed by atoms with E-state index in [9.17, 15) is 18.0 Å². The molecule has 1 amide bonds. The van der Waals surface area contributed by atoms with Gasteiger partial charge in [0.2, 0.25) is 15.9 Å². The quantitative estimate of drug-likeness (QED) is 0.723. The van der Waals surface area contributed by atoms with Gasteiger partial charge in [0.05, 0.1) is 12.4 Å². The number of rotatable bonds is 5. The van der Waals surface area contributed by atoms with Crippen molar-refractivity contribution in [1.82, 2.24) is 4.98 Å². The highest BCUT2D eigenvalue weighted by Crippen LogP contribution is 2.25. The predicted octanol–water partition coefficient (Wildman–Crippen LogP) is -0.507. The van der Waals surface area contributed by atoms with Gasteiger partial charge in [-0.25, -0.2) is 18.4 Å². The van der Waals surface area contributed by atoms with Crippen LogP contribution in [-0.2, 0) is 19.6 Å². The van der Waals surface area contributed by atoms with Crippen LogP contribution in [0.15, 0.2) is 10.7 Å². The molecule has 1 aromatic rings. The highest BCUT2D eigenvalue weighted by Gasteiger charge is 2.35. The first-order valence-electron chi connectivity index (χ1n) is 6.23. The zero-order valence-electron chi connectivity index (χ0n) is 11.3. The number of anilines is 1. The molecule has 1 atom stereocenters. The third-order valence-corrected chi connectivity index (χ3v) is 3.82. The Bertz CT molecular complexity index is 653. The van der Waals surface area contributed by atoms with Gasteiger partial charge in [-0.1, -0.05) is 0 Å². The lowest BCUT2D eigenvalue weighted by atomic mass is 10.1. The van der Waals surface area contributed by atoms with Gasteiger partial charge >= 0.3 is 12.0 Å². The molecule has 2 rings (SSSR count). The van der Waals surface area contributed by atoms with Crippen LogP contribution >= 0.6 is 0 Å². The maximum absolute atomic E-state index is 11.8. The Kier molecular flexibility index (Phi) is 4.28. The number of primary sulfonamides is 1. The smallest absolute Gasteiger partial charge is 0.360 e. The van der Waals surface area contributed by atoms with Crippen molar-refractivity contribution in [3.63, 3.8) is 0 Å². The standard InChI is InChI=1S/C11H15N3O6S/c1-2-19-10(16)8-5-20-11(13-8)14-4-7(3-9(14)15)6-21(12,17)18/h5,7H,2-4,6H2,1H3,(H2,12,17,18). The van der Waals surface area contributed by atoms with Crippen LogP contribution in [0.5, 0.6) is 0 Å². The number of esters is 1. The summed E-state index contributed by atoms with van der Waals surface area (Å²) in [5.74, 6) is -1.70. The Hall–Kier alpha value is -1.94. The molecule has 10 heteroatoms. The fourth-order valence-corrected chi connectivity index (χ4v) is 2.97. The zero-order valence-corrected chi connectivity index (χ0v) is 12.1. The highest BCUT2D eigenvalue weighted by atomic mass is 32.2. The van der Waals surface area contributed by atoms with Crippen molar-refractivity contribution in [3.8, 4) is 0 Å². The van der Waals surface area contributed by atoms with Gasteiger partial charge in [0, 0.05) is 18.9 Å². The summed E-state index contributed by atoms with van der Waals surface area (Å²) in [5, 5.41) is 4.96. The van der Waals surface area contributed by atoms with Crippen molar-refractivity contribution in [3.05, 3.63) is 12.0 Å². The summed E-state index contributed by atoms with van der Waals surface area (Å²) >= 11 is 0. The van der Waals surface area contributed by atoms with E-state index < -0.39 is 21.9 Å². The molecule has 116 valence electrons. The summed E-state index contributed by atoms with van der Waals surface area (Å²) in [6, 6.07) is -0.0556. The first-order valence-corrected chi connectivity index (χ1v) is 7.95. The van der Waals surface area contributed by atoms with E-state index in [2.05, 4.69) is 4.98 Å². The van der Waals surface area contributed by atoms with Gasteiger partial charge in [0.25, 0.3) is 0 Å². The number of hydrogen-bond acceptors (Lipinski definition) is 7. The Morgan fingerprint density at radius 2 is 2.33 bits per heavy atom. The molecule has 0 saturated carbocycles. The molecule has 1 saturated heterocycles. The molecule has 2 heterocycles. The van der Waals surface area contributed by atoms with E-state index in [1.54, 1.807) is 6.92 Å². The molecular formula is C11H15N3O6S. The molecule has 1 aliphatic heterocycles. The summed E-state index contributed by atoms with van der Waals surface area (Å²) in [7, 11) is -3.66. The molecule has 0 spiro atoms. The van der Waals surface area contributed by atoms with Gasteiger partial charge in [-0.2, -0.15) is 4.98 Å². The number of carbonyl (C=O) groups is 2. The summed E-state index contributed by atoms with van der Waals surface area (Å²) in [6.07, 6.45) is 1.13. The first-order chi connectivity index (χ1) is 9.80. The van der Waals surface area contributed by atoms with E-state index in [0.717, 1.165) is 6.26 Å². The number of hydrogen-bond donors (Lipinski definition) is 1. The van der Waals surface area contributed by atoms with Gasteiger partial charge in [-0.3, -0.25) is 9.69 Å². The minimum absolute atomic E-state index is 0.0353. The lowest BCUT2D eigenvalue weighted by molar-refractivity contribution is -0.117. The van der Waals surface area contributed by atoms with Crippen molar-refractivity contribution >= 4 is 27.9 Å². The number of nitrogens with two attached hydrogens (primary N) is 1. The number of sulfonamides is 1. The van der Waals surface area contributed by atoms with E-state index in [1.165, 1.54) is 4.90 Å². The van der Waals surface area contributed by atoms with Crippen LogP contribution in [0.25, 0.3) is 0 Å². The number of carbonyl (C=O) groups excluding carboxylic acids is 2. The average Bonchev–Trinajstić information content (AvgIpc) is 2.94. The topological polar surface area (TPSA) is 133 Å². The van der Waals surface area contributed by atoms with E-state index >= 15 is 0 Å². The van der Waals surface area contributed by atoms with Crippen LogP contribution in [0, 0.1) is 5.92 Å². The molecule has 1 aromatic heterocycles. The average molecular weight is 317 g/mol. The molecule has 1 unspecified atom stereocenters. The summed E-state index contributed by atoms with van der Waals surface area (Å²) in [6.45, 7) is 1.97. The minimum atomic E-state index is -3.66. The van der Waals surface area contributed by atoms with Crippen molar-refractivity contribution in [2.75, 3.05) is 23.8 Å². The molecule has 0 aromatic carbocycles. The SMILES string of the molecule is CCOC(=O)c1coc(N2CC(CS(N)(=O)=O)CC2=O)n1. The molecule has 2 N–H and O–H groups in total. The van der Waals surface area contributed by atoms with Gasteiger partial charge in [-0.05, 0) is 6.92 Å². The Morgan fingerprint density at radius 1 is 1.62 bits per heavy atom. The van der Waals surface area contributed by atoms with E-state index in [1.807, 2.05) is 0 Å². The lowest BCUT2D eigenvalue weighted by Crippen LogP contribution is -2.27. The molecule has 0 aliphatic carbocycles. The molecule has 0 bridgehead atoms. The molecular weight excluding hydrogens is 302 g/mol. The molecule has 21 heavy (non-hydrogen) atoms. The first kappa shape index (κ1) is 15.4. The summed E-state index contributed by atoms with van der Waals surface area (Å²) in [5.41, 5.74) is -0.0467. The van der Waals surface area contributed by atoms with Gasteiger partial charge in [0.1, 0.15) is 6.26 Å². The zero-order chi connectivity index (χ0) is 15.6.